The van der Waals surface area contributed by atoms with Gasteiger partial charge in [-0.05, 0) is 55.0 Å². The SMILES string of the molecule is COC(=O)C[C@@H]1Cc2ccccc2[C@H](CN2CCC(c3ccccc3)CC2)O1. The molecule has 0 amide bonds. The van der Waals surface area contributed by atoms with Crippen LogP contribution in [0.4, 0.5) is 0 Å². The average Bonchev–Trinajstić information content (AvgIpc) is 2.75. The summed E-state index contributed by atoms with van der Waals surface area (Å²) in [7, 11) is 1.44. The van der Waals surface area contributed by atoms with Gasteiger partial charge in [-0.2, -0.15) is 0 Å². The van der Waals surface area contributed by atoms with Gasteiger partial charge >= 0.3 is 5.97 Å². The van der Waals surface area contributed by atoms with E-state index in [0.29, 0.717) is 12.3 Å². The highest BCUT2D eigenvalue weighted by molar-refractivity contribution is 5.69. The van der Waals surface area contributed by atoms with Crippen LogP contribution in [0.5, 0.6) is 0 Å². The fourth-order valence-electron chi connectivity index (χ4n) is 4.57. The van der Waals surface area contributed by atoms with Gasteiger partial charge in [0.05, 0.1) is 25.7 Å². The van der Waals surface area contributed by atoms with E-state index in [0.717, 1.165) is 26.1 Å². The lowest BCUT2D eigenvalue weighted by atomic mass is 9.88. The van der Waals surface area contributed by atoms with Crippen LogP contribution in [0.15, 0.2) is 54.6 Å². The lowest BCUT2D eigenvalue weighted by Gasteiger charge is -2.38. The van der Waals surface area contributed by atoms with Gasteiger partial charge in [-0.1, -0.05) is 54.6 Å². The van der Waals surface area contributed by atoms with Gasteiger partial charge in [-0.25, -0.2) is 0 Å². The number of benzene rings is 2. The summed E-state index contributed by atoms with van der Waals surface area (Å²) in [6, 6.07) is 19.3. The van der Waals surface area contributed by atoms with Gasteiger partial charge in [-0.15, -0.1) is 0 Å². The Morgan fingerprint density at radius 3 is 2.54 bits per heavy atom. The molecule has 4 heteroatoms. The summed E-state index contributed by atoms with van der Waals surface area (Å²) in [6.07, 6.45) is 3.38. The number of likely N-dealkylation sites (tertiary alicyclic amines) is 1. The second kappa shape index (κ2) is 8.89. The highest BCUT2D eigenvalue weighted by Gasteiger charge is 2.31. The second-order valence-corrected chi connectivity index (χ2v) is 7.92. The van der Waals surface area contributed by atoms with Crippen molar-refractivity contribution in [3.63, 3.8) is 0 Å². The third-order valence-corrected chi connectivity index (χ3v) is 6.11. The molecule has 2 aromatic rings. The molecule has 0 aromatic heterocycles. The fourth-order valence-corrected chi connectivity index (χ4v) is 4.57. The number of carbonyl (C=O) groups is 1. The van der Waals surface area contributed by atoms with Gasteiger partial charge in [0, 0.05) is 6.54 Å². The first-order valence-electron chi connectivity index (χ1n) is 10.3. The Kier molecular flexibility index (Phi) is 6.08. The molecule has 0 aliphatic carbocycles. The molecule has 4 nitrogen and oxygen atoms in total. The van der Waals surface area contributed by atoms with Crippen molar-refractivity contribution in [2.45, 2.75) is 43.8 Å². The van der Waals surface area contributed by atoms with Gasteiger partial charge in [-0.3, -0.25) is 4.79 Å². The lowest BCUT2D eigenvalue weighted by Crippen LogP contribution is -2.39. The number of piperidine rings is 1. The Balaban J connectivity index is 1.40. The Labute approximate surface area is 167 Å². The summed E-state index contributed by atoms with van der Waals surface area (Å²) < 4.78 is 11.2. The summed E-state index contributed by atoms with van der Waals surface area (Å²) in [5.74, 6) is 0.455. The largest absolute Gasteiger partial charge is 0.469 e. The Hall–Kier alpha value is -2.17. The van der Waals surface area contributed by atoms with Gasteiger partial charge in [0.25, 0.3) is 0 Å². The van der Waals surface area contributed by atoms with Crippen molar-refractivity contribution in [2.75, 3.05) is 26.7 Å². The first-order chi connectivity index (χ1) is 13.7. The van der Waals surface area contributed by atoms with Crippen LogP contribution in [-0.2, 0) is 20.7 Å². The monoisotopic (exact) mass is 379 g/mol. The van der Waals surface area contributed by atoms with Crippen LogP contribution in [0.3, 0.4) is 0 Å². The first kappa shape index (κ1) is 19.2. The summed E-state index contributed by atoms with van der Waals surface area (Å²) in [5, 5.41) is 0. The summed E-state index contributed by atoms with van der Waals surface area (Å²) >= 11 is 0. The van der Waals surface area contributed by atoms with Crippen molar-refractivity contribution >= 4 is 5.97 Å². The number of esters is 1. The van der Waals surface area contributed by atoms with Crippen molar-refractivity contribution in [1.29, 1.82) is 0 Å². The van der Waals surface area contributed by atoms with Crippen molar-refractivity contribution in [3.05, 3.63) is 71.3 Å². The van der Waals surface area contributed by atoms with E-state index in [4.69, 9.17) is 9.47 Å². The number of nitrogens with zero attached hydrogens (tertiary/aromatic N) is 1. The Bertz CT molecular complexity index is 783. The smallest absolute Gasteiger partial charge is 0.308 e. The number of rotatable bonds is 5. The highest BCUT2D eigenvalue weighted by Crippen LogP contribution is 2.34. The van der Waals surface area contributed by atoms with Crippen LogP contribution in [0.25, 0.3) is 0 Å². The predicted molar refractivity (Wildman–Crippen MR) is 109 cm³/mol. The van der Waals surface area contributed by atoms with E-state index in [9.17, 15) is 4.79 Å². The van der Waals surface area contributed by atoms with Crippen LogP contribution in [-0.4, -0.2) is 43.7 Å². The molecule has 0 radical (unpaired) electrons. The van der Waals surface area contributed by atoms with Crippen LogP contribution in [0.2, 0.25) is 0 Å². The number of ether oxygens (including phenoxy) is 2. The van der Waals surface area contributed by atoms with Gasteiger partial charge in [0.1, 0.15) is 0 Å². The molecule has 0 unspecified atom stereocenters. The van der Waals surface area contributed by atoms with E-state index in [-0.39, 0.29) is 18.2 Å². The third kappa shape index (κ3) is 4.45. The molecule has 28 heavy (non-hydrogen) atoms. The number of fused-ring (bicyclic) bond motifs is 1. The summed E-state index contributed by atoms with van der Waals surface area (Å²) in [4.78, 5) is 14.3. The molecule has 0 bridgehead atoms. The van der Waals surface area contributed by atoms with Crippen LogP contribution < -0.4 is 0 Å². The summed E-state index contributed by atoms with van der Waals surface area (Å²) in [6.45, 7) is 3.06. The summed E-state index contributed by atoms with van der Waals surface area (Å²) in [5.41, 5.74) is 4.03. The third-order valence-electron chi connectivity index (χ3n) is 6.11. The topological polar surface area (TPSA) is 38.8 Å². The quantitative estimate of drug-likeness (QED) is 0.733. The van der Waals surface area contributed by atoms with Crippen molar-refractivity contribution in [1.82, 2.24) is 4.90 Å². The van der Waals surface area contributed by atoms with E-state index in [1.807, 2.05) is 0 Å². The lowest BCUT2D eigenvalue weighted by molar-refractivity contribution is -0.146. The zero-order valence-electron chi connectivity index (χ0n) is 16.5. The van der Waals surface area contributed by atoms with E-state index >= 15 is 0 Å². The predicted octanol–water partition coefficient (Wildman–Crippen LogP) is 4.11. The average molecular weight is 380 g/mol. The molecule has 0 saturated carbocycles. The minimum Gasteiger partial charge on any atom is -0.469 e. The van der Waals surface area contributed by atoms with Gasteiger partial charge in [0.15, 0.2) is 0 Å². The maximum Gasteiger partial charge on any atom is 0.308 e. The van der Waals surface area contributed by atoms with Crippen molar-refractivity contribution in [3.8, 4) is 0 Å². The molecule has 0 N–H and O–H groups in total. The van der Waals surface area contributed by atoms with Crippen LogP contribution in [0.1, 0.15) is 48.0 Å². The molecule has 2 atom stereocenters. The minimum atomic E-state index is -0.202. The van der Waals surface area contributed by atoms with E-state index in [1.54, 1.807) is 0 Å². The van der Waals surface area contributed by atoms with Crippen molar-refractivity contribution in [2.24, 2.45) is 0 Å². The van der Waals surface area contributed by atoms with E-state index < -0.39 is 0 Å². The molecular weight excluding hydrogens is 350 g/mol. The number of carbonyl (C=O) groups excluding carboxylic acids is 1. The maximum absolute atomic E-state index is 11.7. The second-order valence-electron chi connectivity index (χ2n) is 7.92. The van der Waals surface area contributed by atoms with Gasteiger partial charge < -0.3 is 14.4 Å². The molecule has 4 rings (SSSR count). The number of methoxy groups -OCH3 is 1. The van der Waals surface area contributed by atoms with E-state index in [1.165, 1.54) is 36.6 Å². The van der Waals surface area contributed by atoms with Crippen LogP contribution in [0, 0.1) is 0 Å². The van der Waals surface area contributed by atoms with E-state index in [2.05, 4.69) is 59.5 Å². The number of hydrogen-bond acceptors (Lipinski definition) is 4. The van der Waals surface area contributed by atoms with Crippen LogP contribution >= 0.6 is 0 Å². The molecule has 2 heterocycles. The molecule has 148 valence electrons. The zero-order chi connectivity index (χ0) is 19.3. The molecule has 1 saturated heterocycles. The fraction of sp³-hybridized carbons (Fsp3) is 0.458. The Morgan fingerprint density at radius 2 is 1.79 bits per heavy atom. The zero-order valence-corrected chi connectivity index (χ0v) is 16.5. The molecule has 2 aliphatic rings. The highest BCUT2D eigenvalue weighted by atomic mass is 16.5. The van der Waals surface area contributed by atoms with Gasteiger partial charge in [0.2, 0.25) is 0 Å². The van der Waals surface area contributed by atoms with Crippen molar-refractivity contribution < 1.29 is 14.3 Å². The molecule has 2 aliphatic heterocycles. The number of hydrogen-bond donors (Lipinski definition) is 0. The standard InChI is InChI=1S/C24H29NO3/c1-27-24(26)16-21-15-20-9-5-6-10-22(20)23(28-21)17-25-13-11-19(12-14-25)18-7-3-2-4-8-18/h2-10,19,21,23H,11-17H2,1H3/t21-,23-/m0/s1. The molecule has 0 spiro atoms. The normalized spacial score (nSPS) is 23.2. The minimum absolute atomic E-state index is 0.0212. The maximum atomic E-state index is 11.7. The molecular formula is C24H29NO3. The molecule has 2 aromatic carbocycles. The Morgan fingerprint density at radius 1 is 1.07 bits per heavy atom. The molecule has 1 fully saturated rings. The first-order valence-corrected chi connectivity index (χ1v) is 10.3.